The molecule has 0 spiro atoms. The fraction of sp³-hybridized carbons (Fsp3) is 0.667. The van der Waals surface area contributed by atoms with Crippen molar-refractivity contribution in [3.63, 3.8) is 0 Å². The molecule has 3 N–H and O–H groups in total. The lowest BCUT2D eigenvalue weighted by Crippen LogP contribution is -2.22. The summed E-state index contributed by atoms with van der Waals surface area (Å²) in [7, 11) is 1.50. The quantitative estimate of drug-likeness (QED) is 0.631. The van der Waals surface area contributed by atoms with E-state index in [-0.39, 0.29) is 41.9 Å². The van der Waals surface area contributed by atoms with Gasteiger partial charge in [0.1, 0.15) is 11.7 Å². The van der Waals surface area contributed by atoms with Gasteiger partial charge in [0.15, 0.2) is 0 Å². The number of aliphatic hydroxyl groups excluding tert-OH is 1. The van der Waals surface area contributed by atoms with Crippen molar-refractivity contribution in [3.8, 4) is 5.88 Å². The Morgan fingerprint density at radius 1 is 1.43 bits per heavy atom. The summed E-state index contributed by atoms with van der Waals surface area (Å²) < 4.78 is 5.35. The van der Waals surface area contributed by atoms with E-state index in [0.29, 0.717) is 0 Å². The zero-order valence-corrected chi connectivity index (χ0v) is 17.0. The SMILES string of the molecule is CCCCCC(C)c1nc(OC)c(C(N)=O)cc1C1=NOC2CC(CO)CC12. The summed E-state index contributed by atoms with van der Waals surface area (Å²) in [4.78, 5) is 22.3. The van der Waals surface area contributed by atoms with Crippen LogP contribution in [0, 0.1) is 11.8 Å². The van der Waals surface area contributed by atoms with E-state index in [1.807, 2.05) is 0 Å². The van der Waals surface area contributed by atoms with Gasteiger partial charge in [-0.05, 0) is 37.2 Å². The molecule has 1 saturated carbocycles. The molecule has 1 aromatic rings. The minimum atomic E-state index is -0.577. The Kier molecular flexibility index (Phi) is 6.54. The lowest BCUT2D eigenvalue weighted by atomic mass is 9.87. The zero-order valence-electron chi connectivity index (χ0n) is 17.0. The van der Waals surface area contributed by atoms with Crippen LogP contribution in [-0.2, 0) is 4.84 Å². The number of nitrogens with two attached hydrogens (primary N) is 1. The van der Waals surface area contributed by atoms with Crippen molar-refractivity contribution < 1.29 is 19.5 Å². The molecule has 2 aliphatic rings. The molecule has 0 bridgehead atoms. The molecule has 7 heteroatoms. The van der Waals surface area contributed by atoms with Crippen LogP contribution in [-0.4, -0.2) is 41.5 Å². The van der Waals surface area contributed by atoms with E-state index in [2.05, 4.69) is 24.0 Å². The molecule has 1 fully saturated rings. The van der Waals surface area contributed by atoms with Gasteiger partial charge in [-0.3, -0.25) is 4.79 Å². The number of amides is 1. The molecule has 28 heavy (non-hydrogen) atoms. The number of carbonyl (C=O) groups excluding carboxylic acids is 1. The fourth-order valence-corrected chi connectivity index (χ4v) is 4.35. The monoisotopic (exact) mass is 389 g/mol. The molecule has 0 aromatic carbocycles. The van der Waals surface area contributed by atoms with Gasteiger partial charge in [0.25, 0.3) is 5.91 Å². The molecular formula is C21H31N3O4. The second-order valence-corrected chi connectivity index (χ2v) is 7.99. The molecule has 0 saturated heterocycles. The first-order valence-electron chi connectivity index (χ1n) is 10.2. The predicted molar refractivity (Wildman–Crippen MR) is 107 cm³/mol. The Labute approximate surface area is 166 Å². The van der Waals surface area contributed by atoms with Crippen LogP contribution in [0.3, 0.4) is 0 Å². The highest BCUT2D eigenvalue weighted by Gasteiger charge is 2.44. The summed E-state index contributed by atoms with van der Waals surface area (Å²) in [6.45, 7) is 4.47. The highest BCUT2D eigenvalue weighted by Crippen LogP contribution is 2.41. The summed E-state index contributed by atoms with van der Waals surface area (Å²) in [6.07, 6.45) is 6.03. The molecule has 154 valence electrons. The van der Waals surface area contributed by atoms with Crippen molar-refractivity contribution in [3.05, 3.63) is 22.9 Å². The number of nitrogens with zero attached hydrogens (tertiary/aromatic N) is 2. The number of pyridine rings is 1. The first kappa shape index (κ1) is 20.6. The van der Waals surface area contributed by atoms with E-state index in [1.165, 1.54) is 13.5 Å². The highest BCUT2D eigenvalue weighted by molar-refractivity contribution is 6.06. The van der Waals surface area contributed by atoms with Gasteiger partial charge in [0, 0.05) is 18.1 Å². The summed E-state index contributed by atoms with van der Waals surface area (Å²) in [6, 6.07) is 1.76. The summed E-state index contributed by atoms with van der Waals surface area (Å²) in [5.74, 6) is 0.187. The molecule has 1 aliphatic carbocycles. The smallest absolute Gasteiger partial charge is 0.254 e. The normalized spacial score (nSPS) is 24.4. The first-order chi connectivity index (χ1) is 13.5. The standard InChI is InChI=1S/C21H31N3O4/c1-4-5-6-7-12(2)18-15(10-16(20(22)26)21(23-18)27-3)19-14-8-13(11-25)9-17(14)28-24-19/h10,12-14,17,25H,4-9,11H2,1-3H3,(H2,22,26). The summed E-state index contributed by atoms with van der Waals surface area (Å²) in [5, 5.41) is 13.9. The molecule has 4 unspecified atom stereocenters. The van der Waals surface area contributed by atoms with Crippen molar-refractivity contribution in [2.75, 3.05) is 13.7 Å². The molecule has 0 radical (unpaired) electrons. The van der Waals surface area contributed by atoms with Crippen molar-refractivity contribution in [2.24, 2.45) is 22.7 Å². The van der Waals surface area contributed by atoms with Gasteiger partial charge in [0.2, 0.25) is 5.88 Å². The van der Waals surface area contributed by atoms with Gasteiger partial charge in [-0.15, -0.1) is 0 Å². The van der Waals surface area contributed by atoms with E-state index >= 15 is 0 Å². The minimum Gasteiger partial charge on any atom is -0.480 e. The van der Waals surface area contributed by atoms with Crippen LogP contribution in [0.25, 0.3) is 0 Å². The van der Waals surface area contributed by atoms with Gasteiger partial charge < -0.3 is 20.4 Å². The van der Waals surface area contributed by atoms with E-state index in [9.17, 15) is 9.90 Å². The van der Waals surface area contributed by atoms with Crippen LogP contribution in [0.1, 0.15) is 79.9 Å². The second-order valence-electron chi connectivity index (χ2n) is 7.99. The Morgan fingerprint density at radius 3 is 2.86 bits per heavy atom. The number of ether oxygens (including phenoxy) is 1. The van der Waals surface area contributed by atoms with Crippen LogP contribution < -0.4 is 10.5 Å². The maximum Gasteiger partial charge on any atom is 0.254 e. The average molecular weight is 389 g/mol. The average Bonchev–Trinajstić information content (AvgIpc) is 3.27. The number of hydrogen-bond donors (Lipinski definition) is 2. The summed E-state index contributed by atoms with van der Waals surface area (Å²) in [5.41, 5.74) is 8.33. The topological polar surface area (TPSA) is 107 Å². The fourth-order valence-electron chi connectivity index (χ4n) is 4.35. The van der Waals surface area contributed by atoms with Crippen LogP contribution >= 0.6 is 0 Å². The molecule has 1 aromatic heterocycles. The van der Waals surface area contributed by atoms with Crippen LogP contribution in [0.2, 0.25) is 0 Å². The van der Waals surface area contributed by atoms with Crippen molar-refractivity contribution in [1.29, 1.82) is 0 Å². The second kappa shape index (κ2) is 8.90. The highest BCUT2D eigenvalue weighted by atomic mass is 16.6. The molecule has 7 nitrogen and oxygen atoms in total. The minimum absolute atomic E-state index is 0.0190. The van der Waals surface area contributed by atoms with Gasteiger partial charge >= 0.3 is 0 Å². The molecule has 4 atom stereocenters. The van der Waals surface area contributed by atoms with Gasteiger partial charge in [-0.25, -0.2) is 4.98 Å². The number of methoxy groups -OCH3 is 1. The largest absolute Gasteiger partial charge is 0.480 e. The van der Waals surface area contributed by atoms with E-state index in [0.717, 1.165) is 49.1 Å². The van der Waals surface area contributed by atoms with Crippen molar-refractivity contribution in [1.82, 2.24) is 4.98 Å². The van der Waals surface area contributed by atoms with Gasteiger partial charge in [-0.2, -0.15) is 0 Å². The third kappa shape index (κ3) is 3.99. The zero-order chi connectivity index (χ0) is 20.3. The van der Waals surface area contributed by atoms with E-state index in [1.54, 1.807) is 6.07 Å². The Hall–Kier alpha value is -2.15. The predicted octanol–water partition coefficient (Wildman–Crippen LogP) is 2.99. The van der Waals surface area contributed by atoms with Crippen molar-refractivity contribution in [2.45, 2.75) is 64.4 Å². The molecule has 1 amide bonds. The molecule has 1 aliphatic heterocycles. The number of oxime groups is 1. The molecular weight excluding hydrogens is 358 g/mol. The molecule has 3 rings (SSSR count). The van der Waals surface area contributed by atoms with Gasteiger partial charge in [-0.1, -0.05) is 38.3 Å². The Morgan fingerprint density at radius 2 is 2.21 bits per heavy atom. The van der Waals surface area contributed by atoms with Crippen LogP contribution in [0.4, 0.5) is 0 Å². The Bertz CT molecular complexity index is 749. The lowest BCUT2D eigenvalue weighted by Gasteiger charge is -2.19. The number of carbonyl (C=O) groups is 1. The van der Waals surface area contributed by atoms with Crippen LogP contribution in [0.15, 0.2) is 11.2 Å². The van der Waals surface area contributed by atoms with Crippen LogP contribution in [0.5, 0.6) is 5.88 Å². The number of unbranched alkanes of at least 4 members (excludes halogenated alkanes) is 2. The lowest BCUT2D eigenvalue weighted by molar-refractivity contribution is 0.0684. The van der Waals surface area contributed by atoms with E-state index in [4.69, 9.17) is 15.3 Å². The number of primary amides is 1. The number of hydrogen-bond acceptors (Lipinski definition) is 6. The third-order valence-corrected chi connectivity index (χ3v) is 5.96. The third-order valence-electron chi connectivity index (χ3n) is 5.96. The summed E-state index contributed by atoms with van der Waals surface area (Å²) >= 11 is 0. The number of rotatable bonds is 9. The maximum absolute atomic E-state index is 12.0. The van der Waals surface area contributed by atoms with E-state index < -0.39 is 5.91 Å². The van der Waals surface area contributed by atoms with Crippen molar-refractivity contribution >= 4 is 11.6 Å². The Balaban J connectivity index is 2.00. The molecule has 2 heterocycles. The number of aromatic nitrogens is 1. The number of fused-ring (bicyclic) bond motifs is 1. The maximum atomic E-state index is 12.0. The number of aliphatic hydroxyl groups is 1. The van der Waals surface area contributed by atoms with Gasteiger partial charge in [0.05, 0.1) is 18.5 Å². The first-order valence-corrected chi connectivity index (χ1v) is 10.2.